The van der Waals surface area contributed by atoms with E-state index in [2.05, 4.69) is 15.3 Å². The van der Waals surface area contributed by atoms with E-state index in [1.165, 1.54) is 4.90 Å². The Morgan fingerprint density at radius 2 is 1.80 bits per heavy atom. The lowest BCUT2D eigenvalue weighted by molar-refractivity contribution is -0.117. The lowest BCUT2D eigenvalue weighted by atomic mass is 10.1. The predicted molar refractivity (Wildman–Crippen MR) is 93.7 cm³/mol. The van der Waals surface area contributed by atoms with Gasteiger partial charge in [0.15, 0.2) is 5.82 Å². The first-order chi connectivity index (χ1) is 12.2. The topological polar surface area (TPSA) is 75.2 Å². The molecule has 0 fully saturated rings. The van der Waals surface area contributed by atoms with Gasteiger partial charge in [0.2, 0.25) is 5.91 Å². The molecule has 3 aromatic rings. The Kier molecular flexibility index (Phi) is 3.70. The van der Waals surface area contributed by atoms with E-state index in [4.69, 9.17) is 0 Å². The van der Waals surface area contributed by atoms with Crippen molar-refractivity contribution in [2.24, 2.45) is 0 Å². The van der Waals surface area contributed by atoms with Gasteiger partial charge in [0.25, 0.3) is 5.91 Å². The van der Waals surface area contributed by atoms with Gasteiger partial charge in [0.05, 0.1) is 23.4 Å². The zero-order chi connectivity index (χ0) is 17.2. The highest BCUT2D eigenvalue weighted by molar-refractivity contribution is 6.17. The number of hydrogen-bond acceptors (Lipinski definition) is 4. The third kappa shape index (κ3) is 2.74. The molecule has 1 aliphatic rings. The second-order valence-electron chi connectivity index (χ2n) is 5.61. The molecule has 0 bridgehead atoms. The van der Waals surface area contributed by atoms with E-state index in [0.717, 1.165) is 5.56 Å². The fourth-order valence-corrected chi connectivity index (χ4v) is 2.84. The molecule has 0 saturated carbocycles. The highest BCUT2D eigenvalue weighted by Crippen LogP contribution is 2.36. The van der Waals surface area contributed by atoms with Crippen LogP contribution in [0.25, 0.3) is 0 Å². The van der Waals surface area contributed by atoms with Crippen LogP contribution in [0.4, 0.5) is 17.2 Å². The number of nitrogens with one attached hydrogen (secondary N) is 1. The van der Waals surface area contributed by atoms with Gasteiger partial charge < -0.3 is 5.32 Å². The van der Waals surface area contributed by atoms with Gasteiger partial charge in [-0.3, -0.25) is 19.5 Å². The van der Waals surface area contributed by atoms with Crippen LogP contribution in [0.2, 0.25) is 0 Å². The van der Waals surface area contributed by atoms with Crippen molar-refractivity contribution in [1.29, 1.82) is 0 Å². The normalized spacial score (nSPS) is 12.6. The van der Waals surface area contributed by atoms with Crippen molar-refractivity contribution in [2.45, 2.75) is 6.42 Å². The van der Waals surface area contributed by atoms with E-state index < -0.39 is 0 Å². The first-order valence-electron chi connectivity index (χ1n) is 7.81. The standard InChI is InChI=1S/C19H14N4O2/c24-17(12-13-7-10-20-11-8-13)23-16-6-2-1-4-14(16)19(25)22-15-5-3-9-21-18(15)23/h1-11H,12H2,(H,22,25). The number of fused-ring (bicyclic) bond motifs is 2. The number of aromatic nitrogens is 2. The molecule has 2 amide bonds. The van der Waals surface area contributed by atoms with Gasteiger partial charge in [-0.05, 0) is 42.0 Å². The van der Waals surface area contributed by atoms with Crippen molar-refractivity contribution >= 4 is 29.0 Å². The van der Waals surface area contributed by atoms with E-state index in [1.54, 1.807) is 67.1 Å². The third-order valence-electron chi connectivity index (χ3n) is 3.99. The van der Waals surface area contributed by atoms with Crippen molar-refractivity contribution in [1.82, 2.24) is 9.97 Å². The number of hydrogen-bond donors (Lipinski definition) is 1. The Balaban J connectivity index is 1.84. The third-order valence-corrected chi connectivity index (χ3v) is 3.99. The smallest absolute Gasteiger partial charge is 0.257 e. The molecule has 0 unspecified atom stereocenters. The second kappa shape index (κ2) is 6.16. The minimum Gasteiger partial charge on any atom is -0.319 e. The van der Waals surface area contributed by atoms with Crippen LogP contribution >= 0.6 is 0 Å². The van der Waals surface area contributed by atoms with E-state index >= 15 is 0 Å². The summed E-state index contributed by atoms with van der Waals surface area (Å²) in [6.07, 6.45) is 5.08. The highest BCUT2D eigenvalue weighted by atomic mass is 16.2. The Hall–Kier alpha value is -3.54. The van der Waals surface area contributed by atoms with Gasteiger partial charge in [0.1, 0.15) is 0 Å². The highest BCUT2D eigenvalue weighted by Gasteiger charge is 2.29. The van der Waals surface area contributed by atoms with Gasteiger partial charge in [-0.1, -0.05) is 12.1 Å². The van der Waals surface area contributed by atoms with Crippen LogP contribution in [0, 0.1) is 0 Å². The molecule has 0 spiro atoms. The lowest BCUT2D eigenvalue weighted by Crippen LogP contribution is -2.28. The fourth-order valence-electron chi connectivity index (χ4n) is 2.84. The van der Waals surface area contributed by atoms with E-state index in [1.807, 2.05) is 0 Å². The number of carbonyl (C=O) groups excluding carboxylic acids is 2. The molecule has 1 aromatic carbocycles. The molecule has 122 valence electrons. The predicted octanol–water partition coefficient (Wildman–Crippen LogP) is 2.95. The summed E-state index contributed by atoms with van der Waals surface area (Å²) in [5.41, 5.74) is 2.31. The fraction of sp³-hybridized carbons (Fsp3) is 0.0526. The van der Waals surface area contributed by atoms with Crippen LogP contribution in [-0.4, -0.2) is 21.8 Å². The average molecular weight is 330 g/mol. The Bertz CT molecular complexity index is 956. The van der Waals surface area contributed by atoms with E-state index in [-0.39, 0.29) is 18.2 Å². The van der Waals surface area contributed by atoms with Gasteiger partial charge in [-0.15, -0.1) is 0 Å². The van der Waals surface area contributed by atoms with Crippen LogP contribution < -0.4 is 10.2 Å². The van der Waals surface area contributed by atoms with Gasteiger partial charge in [-0.25, -0.2) is 4.98 Å². The average Bonchev–Trinajstić information content (AvgIpc) is 2.76. The van der Waals surface area contributed by atoms with Crippen molar-refractivity contribution in [3.8, 4) is 0 Å². The first-order valence-corrected chi connectivity index (χ1v) is 7.81. The molecule has 4 rings (SSSR count). The summed E-state index contributed by atoms with van der Waals surface area (Å²) in [5, 5.41) is 2.82. The molecule has 1 aliphatic heterocycles. The maximum atomic E-state index is 13.1. The number of benzene rings is 1. The van der Waals surface area contributed by atoms with Crippen molar-refractivity contribution in [2.75, 3.05) is 10.2 Å². The van der Waals surface area contributed by atoms with E-state index in [9.17, 15) is 9.59 Å². The molecule has 0 aliphatic carbocycles. The molecule has 0 atom stereocenters. The molecular weight excluding hydrogens is 316 g/mol. The van der Waals surface area contributed by atoms with Gasteiger partial charge in [0, 0.05) is 18.6 Å². The Morgan fingerprint density at radius 3 is 2.64 bits per heavy atom. The zero-order valence-electron chi connectivity index (χ0n) is 13.2. The largest absolute Gasteiger partial charge is 0.319 e. The number of rotatable bonds is 2. The maximum absolute atomic E-state index is 13.1. The summed E-state index contributed by atoms with van der Waals surface area (Å²) in [5.74, 6) is -0.0148. The number of nitrogens with zero attached hydrogens (tertiary/aromatic N) is 3. The van der Waals surface area contributed by atoms with E-state index in [0.29, 0.717) is 22.8 Å². The SMILES string of the molecule is O=C1Nc2cccnc2N(C(=O)Cc2ccncc2)c2ccccc21. The Morgan fingerprint density at radius 1 is 1.00 bits per heavy atom. The summed E-state index contributed by atoms with van der Waals surface area (Å²) in [4.78, 5) is 35.4. The number of carbonyl (C=O) groups is 2. The number of anilines is 3. The minimum atomic E-state index is -0.260. The van der Waals surface area contributed by atoms with Crippen molar-refractivity contribution in [3.05, 3.63) is 78.2 Å². The van der Waals surface area contributed by atoms with Crippen molar-refractivity contribution < 1.29 is 9.59 Å². The monoisotopic (exact) mass is 330 g/mol. The minimum absolute atomic E-state index is 0.171. The van der Waals surface area contributed by atoms with Crippen LogP contribution in [0.5, 0.6) is 0 Å². The number of pyridine rings is 2. The lowest BCUT2D eigenvalue weighted by Gasteiger charge is -2.22. The van der Waals surface area contributed by atoms with Crippen LogP contribution in [0.3, 0.4) is 0 Å². The molecule has 1 N–H and O–H groups in total. The summed E-state index contributed by atoms with van der Waals surface area (Å²) in [6.45, 7) is 0. The molecule has 6 nitrogen and oxygen atoms in total. The summed E-state index contributed by atoms with van der Waals surface area (Å²) in [7, 11) is 0. The molecule has 3 heterocycles. The van der Waals surface area contributed by atoms with Gasteiger partial charge >= 0.3 is 0 Å². The summed E-state index contributed by atoms with van der Waals surface area (Å²) in [6, 6.07) is 14.1. The molecule has 25 heavy (non-hydrogen) atoms. The molecular formula is C19H14N4O2. The number of amides is 2. The maximum Gasteiger partial charge on any atom is 0.257 e. The first kappa shape index (κ1) is 15.0. The second-order valence-corrected chi connectivity index (χ2v) is 5.61. The molecule has 0 radical (unpaired) electrons. The number of para-hydroxylation sites is 1. The van der Waals surface area contributed by atoms with Gasteiger partial charge in [-0.2, -0.15) is 0 Å². The Labute approximate surface area is 144 Å². The molecule has 6 heteroatoms. The molecule has 2 aromatic heterocycles. The van der Waals surface area contributed by atoms with Crippen molar-refractivity contribution in [3.63, 3.8) is 0 Å². The quantitative estimate of drug-likeness (QED) is 0.784. The van der Waals surface area contributed by atoms with Crippen LogP contribution in [0.1, 0.15) is 15.9 Å². The van der Waals surface area contributed by atoms with Crippen LogP contribution in [0.15, 0.2) is 67.1 Å². The molecule has 0 saturated heterocycles. The summed E-state index contributed by atoms with van der Waals surface area (Å²) < 4.78 is 0. The zero-order valence-corrected chi connectivity index (χ0v) is 13.2. The van der Waals surface area contributed by atoms with Crippen LogP contribution in [-0.2, 0) is 11.2 Å². The summed E-state index contributed by atoms with van der Waals surface area (Å²) >= 11 is 0.